The normalized spacial score (nSPS) is 14.2. The summed E-state index contributed by atoms with van der Waals surface area (Å²) in [5, 5.41) is 15.6. The number of hydrogen-bond donors (Lipinski definition) is 2. The largest absolute Gasteiger partial charge is 0.352 e. The first kappa shape index (κ1) is 22.2. The molecule has 0 aromatic heterocycles. The van der Waals surface area contributed by atoms with Crippen LogP contribution in [0.3, 0.4) is 0 Å². The van der Waals surface area contributed by atoms with Gasteiger partial charge in [-0.3, -0.25) is 9.89 Å². The third kappa shape index (κ3) is 6.80. The van der Waals surface area contributed by atoms with Gasteiger partial charge in [0.15, 0.2) is 5.96 Å². The molecule has 0 spiro atoms. The SMILES string of the molecule is CN=C(NCc1ccc(CN2CCCC2)cc1)NCc1cccc(C#N)c1.I. The van der Waals surface area contributed by atoms with Gasteiger partial charge >= 0.3 is 0 Å². The highest BCUT2D eigenvalue weighted by Crippen LogP contribution is 2.13. The van der Waals surface area contributed by atoms with Crippen LogP contribution in [0.25, 0.3) is 0 Å². The van der Waals surface area contributed by atoms with Crippen LogP contribution in [0.5, 0.6) is 0 Å². The van der Waals surface area contributed by atoms with Crippen LogP contribution < -0.4 is 10.6 Å². The van der Waals surface area contributed by atoms with Crippen molar-refractivity contribution in [2.75, 3.05) is 20.1 Å². The summed E-state index contributed by atoms with van der Waals surface area (Å²) in [6.07, 6.45) is 2.66. The van der Waals surface area contributed by atoms with Gasteiger partial charge < -0.3 is 10.6 Å². The van der Waals surface area contributed by atoms with E-state index in [1.165, 1.54) is 37.1 Å². The number of rotatable bonds is 6. The van der Waals surface area contributed by atoms with Crippen molar-refractivity contribution in [3.05, 3.63) is 70.8 Å². The Labute approximate surface area is 184 Å². The van der Waals surface area contributed by atoms with Crippen molar-refractivity contribution in [2.45, 2.75) is 32.5 Å². The van der Waals surface area contributed by atoms with Gasteiger partial charge in [0, 0.05) is 26.7 Å². The summed E-state index contributed by atoms with van der Waals surface area (Å²) >= 11 is 0. The molecule has 0 aliphatic carbocycles. The number of likely N-dealkylation sites (tertiary alicyclic amines) is 1. The molecule has 1 heterocycles. The van der Waals surface area contributed by atoms with E-state index in [-0.39, 0.29) is 24.0 Å². The average molecular weight is 489 g/mol. The molecule has 2 aromatic carbocycles. The lowest BCUT2D eigenvalue weighted by atomic mass is 10.1. The van der Waals surface area contributed by atoms with Crippen LogP contribution >= 0.6 is 24.0 Å². The Kier molecular flexibility index (Phi) is 9.24. The smallest absolute Gasteiger partial charge is 0.191 e. The Bertz CT molecular complexity index is 804. The van der Waals surface area contributed by atoms with Gasteiger partial charge in [-0.05, 0) is 54.8 Å². The van der Waals surface area contributed by atoms with Crippen LogP contribution in [-0.2, 0) is 19.6 Å². The van der Waals surface area contributed by atoms with E-state index >= 15 is 0 Å². The van der Waals surface area contributed by atoms with Crippen molar-refractivity contribution in [2.24, 2.45) is 4.99 Å². The molecular weight excluding hydrogens is 461 g/mol. The molecular formula is C22H28IN5. The molecule has 0 bridgehead atoms. The highest BCUT2D eigenvalue weighted by Gasteiger charge is 2.11. The molecule has 2 aromatic rings. The van der Waals surface area contributed by atoms with Crippen molar-refractivity contribution in [3.8, 4) is 6.07 Å². The summed E-state index contributed by atoms with van der Waals surface area (Å²) in [6.45, 7) is 4.86. The van der Waals surface area contributed by atoms with Gasteiger partial charge in [0.2, 0.25) is 0 Å². The molecule has 148 valence electrons. The van der Waals surface area contributed by atoms with E-state index in [0.29, 0.717) is 12.1 Å². The average Bonchev–Trinajstić information content (AvgIpc) is 3.22. The van der Waals surface area contributed by atoms with Gasteiger partial charge in [0.1, 0.15) is 0 Å². The number of guanidine groups is 1. The highest BCUT2D eigenvalue weighted by molar-refractivity contribution is 14.0. The third-order valence-corrected chi connectivity index (χ3v) is 4.83. The quantitative estimate of drug-likeness (QED) is 0.370. The Morgan fingerprint density at radius 1 is 1.00 bits per heavy atom. The maximum absolute atomic E-state index is 8.99. The summed E-state index contributed by atoms with van der Waals surface area (Å²) in [6, 6.07) is 18.6. The molecule has 6 heteroatoms. The van der Waals surface area contributed by atoms with E-state index in [0.717, 1.165) is 24.6 Å². The monoisotopic (exact) mass is 489 g/mol. The van der Waals surface area contributed by atoms with Crippen molar-refractivity contribution in [1.82, 2.24) is 15.5 Å². The fourth-order valence-corrected chi connectivity index (χ4v) is 3.30. The van der Waals surface area contributed by atoms with Gasteiger partial charge in [-0.25, -0.2) is 0 Å². The lowest BCUT2D eigenvalue weighted by Gasteiger charge is -2.15. The van der Waals surface area contributed by atoms with Gasteiger partial charge in [-0.1, -0.05) is 36.4 Å². The minimum absolute atomic E-state index is 0. The van der Waals surface area contributed by atoms with Crippen molar-refractivity contribution in [3.63, 3.8) is 0 Å². The topological polar surface area (TPSA) is 63.5 Å². The van der Waals surface area contributed by atoms with Gasteiger partial charge in [-0.15, -0.1) is 24.0 Å². The van der Waals surface area contributed by atoms with Crippen LogP contribution in [0.4, 0.5) is 0 Å². The molecule has 1 aliphatic rings. The fourth-order valence-electron chi connectivity index (χ4n) is 3.30. The number of halogens is 1. The highest BCUT2D eigenvalue weighted by atomic mass is 127. The van der Waals surface area contributed by atoms with Crippen LogP contribution in [0.1, 0.15) is 35.1 Å². The van der Waals surface area contributed by atoms with E-state index in [1.807, 2.05) is 24.3 Å². The van der Waals surface area contributed by atoms with E-state index in [4.69, 9.17) is 5.26 Å². The molecule has 1 saturated heterocycles. The van der Waals surface area contributed by atoms with Crippen LogP contribution in [0.2, 0.25) is 0 Å². The summed E-state index contributed by atoms with van der Waals surface area (Å²) < 4.78 is 0. The predicted molar refractivity (Wildman–Crippen MR) is 125 cm³/mol. The molecule has 1 aliphatic heterocycles. The molecule has 0 amide bonds. The van der Waals surface area contributed by atoms with Crippen LogP contribution in [0.15, 0.2) is 53.5 Å². The maximum atomic E-state index is 8.99. The molecule has 0 atom stereocenters. The minimum atomic E-state index is 0. The Hall–Kier alpha value is -2.11. The van der Waals surface area contributed by atoms with Crippen LogP contribution in [0, 0.1) is 11.3 Å². The molecule has 0 unspecified atom stereocenters. The number of aliphatic imine (C=N–C) groups is 1. The predicted octanol–water partition coefficient (Wildman–Crippen LogP) is 3.64. The van der Waals surface area contributed by atoms with E-state index in [1.54, 1.807) is 7.05 Å². The van der Waals surface area contributed by atoms with Crippen molar-refractivity contribution < 1.29 is 0 Å². The van der Waals surface area contributed by atoms with Gasteiger partial charge in [0.25, 0.3) is 0 Å². The maximum Gasteiger partial charge on any atom is 0.191 e. The summed E-state index contributed by atoms with van der Waals surface area (Å²) in [7, 11) is 1.76. The summed E-state index contributed by atoms with van der Waals surface area (Å²) in [5.41, 5.74) is 4.34. The zero-order valence-corrected chi connectivity index (χ0v) is 18.6. The number of hydrogen-bond acceptors (Lipinski definition) is 3. The van der Waals surface area contributed by atoms with Gasteiger partial charge in [0.05, 0.1) is 11.6 Å². The third-order valence-electron chi connectivity index (χ3n) is 4.83. The first-order valence-corrected chi connectivity index (χ1v) is 9.50. The number of benzene rings is 2. The lowest BCUT2D eigenvalue weighted by Crippen LogP contribution is -2.36. The van der Waals surface area contributed by atoms with Crippen molar-refractivity contribution >= 4 is 29.9 Å². The summed E-state index contributed by atoms with van der Waals surface area (Å²) in [4.78, 5) is 6.78. The second-order valence-corrected chi connectivity index (χ2v) is 6.89. The summed E-state index contributed by atoms with van der Waals surface area (Å²) in [5.74, 6) is 0.749. The first-order chi connectivity index (χ1) is 13.3. The second kappa shape index (κ2) is 11.7. The molecule has 1 fully saturated rings. The molecule has 0 radical (unpaired) electrons. The van der Waals surface area contributed by atoms with Crippen molar-refractivity contribution in [1.29, 1.82) is 5.26 Å². The van der Waals surface area contributed by atoms with Crippen LogP contribution in [-0.4, -0.2) is 31.0 Å². The molecule has 28 heavy (non-hydrogen) atoms. The molecule has 2 N–H and O–H groups in total. The zero-order valence-electron chi connectivity index (χ0n) is 16.3. The number of nitrogens with zero attached hydrogens (tertiary/aromatic N) is 3. The Morgan fingerprint density at radius 2 is 1.64 bits per heavy atom. The first-order valence-electron chi connectivity index (χ1n) is 9.50. The lowest BCUT2D eigenvalue weighted by molar-refractivity contribution is 0.331. The number of nitriles is 1. The van der Waals surface area contributed by atoms with E-state index in [2.05, 4.69) is 50.9 Å². The van der Waals surface area contributed by atoms with E-state index in [9.17, 15) is 0 Å². The Balaban J connectivity index is 0.00000280. The second-order valence-electron chi connectivity index (χ2n) is 6.89. The van der Waals surface area contributed by atoms with E-state index < -0.39 is 0 Å². The zero-order chi connectivity index (χ0) is 18.9. The fraction of sp³-hybridized carbons (Fsp3) is 0.364. The molecule has 0 saturated carbocycles. The number of nitrogens with one attached hydrogen (secondary N) is 2. The minimum Gasteiger partial charge on any atom is -0.352 e. The molecule has 5 nitrogen and oxygen atoms in total. The molecule has 3 rings (SSSR count). The standard InChI is InChI=1S/C22H27N5.HI/c1-24-22(26-16-21-6-4-5-20(13-21)14-23)25-15-18-7-9-19(10-8-18)17-27-11-2-3-12-27;/h4-10,13H,2-3,11-12,15-17H2,1H3,(H2,24,25,26);1H. The van der Waals surface area contributed by atoms with Gasteiger partial charge in [-0.2, -0.15) is 5.26 Å². The Morgan fingerprint density at radius 3 is 2.29 bits per heavy atom.